The molecule has 2 rings (SSSR count). The van der Waals surface area contributed by atoms with Gasteiger partial charge < -0.3 is 11.1 Å². The van der Waals surface area contributed by atoms with E-state index in [0.29, 0.717) is 13.0 Å². The minimum Gasteiger partial charge on any atom is -0.355 e. The zero-order valence-corrected chi connectivity index (χ0v) is 12.6. The van der Waals surface area contributed by atoms with E-state index in [1.54, 1.807) is 0 Å². The van der Waals surface area contributed by atoms with Gasteiger partial charge >= 0.3 is 0 Å². The van der Waals surface area contributed by atoms with E-state index in [1.807, 2.05) is 37.3 Å². The van der Waals surface area contributed by atoms with Gasteiger partial charge in [-0.05, 0) is 5.56 Å². The van der Waals surface area contributed by atoms with Crippen molar-refractivity contribution in [2.45, 2.75) is 19.4 Å². The van der Waals surface area contributed by atoms with E-state index in [2.05, 4.69) is 20.5 Å². The summed E-state index contributed by atoms with van der Waals surface area (Å²) in [6.45, 7) is 2.35. The molecule has 0 spiro atoms. The van der Waals surface area contributed by atoms with Crippen LogP contribution in [0, 0.1) is 5.92 Å². The SMILES string of the molecule is CC(C(=O)NCCc1ncn[nH]1)C(N)c1ccccc1.Cl. The topological polar surface area (TPSA) is 96.7 Å². The Labute approximate surface area is 129 Å². The highest BCUT2D eigenvalue weighted by molar-refractivity contribution is 5.85. The largest absolute Gasteiger partial charge is 0.355 e. The summed E-state index contributed by atoms with van der Waals surface area (Å²) < 4.78 is 0. The van der Waals surface area contributed by atoms with Crippen molar-refractivity contribution in [3.05, 3.63) is 48.0 Å². The molecule has 0 saturated heterocycles. The first-order valence-corrected chi connectivity index (χ1v) is 6.61. The van der Waals surface area contributed by atoms with Crippen LogP contribution < -0.4 is 11.1 Å². The molecular formula is C14H20ClN5O. The highest BCUT2D eigenvalue weighted by Gasteiger charge is 2.21. The molecule has 0 radical (unpaired) electrons. The zero-order chi connectivity index (χ0) is 14.4. The Balaban J connectivity index is 0.00000220. The highest BCUT2D eigenvalue weighted by atomic mass is 35.5. The number of H-pyrrole nitrogens is 1. The monoisotopic (exact) mass is 309 g/mol. The van der Waals surface area contributed by atoms with Crippen molar-refractivity contribution in [2.24, 2.45) is 11.7 Å². The maximum atomic E-state index is 12.0. The summed E-state index contributed by atoms with van der Waals surface area (Å²) in [6.07, 6.45) is 2.07. The van der Waals surface area contributed by atoms with Crippen molar-refractivity contribution in [2.75, 3.05) is 6.54 Å². The predicted octanol–water partition coefficient (Wildman–Crippen LogP) is 1.22. The number of hydrogen-bond acceptors (Lipinski definition) is 4. The molecule has 0 bridgehead atoms. The first-order valence-electron chi connectivity index (χ1n) is 6.61. The number of carbonyl (C=O) groups is 1. The molecule has 0 saturated carbocycles. The maximum Gasteiger partial charge on any atom is 0.224 e. The second kappa shape index (κ2) is 8.39. The van der Waals surface area contributed by atoms with Gasteiger partial charge in [-0.2, -0.15) is 5.10 Å². The number of nitrogens with two attached hydrogens (primary N) is 1. The molecule has 0 aliphatic rings. The van der Waals surface area contributed by atoms with Gasteiger partial charge in [-0.25, -0.2) is 4.98 Å². The number of halogens is 1. The fraction of sp³-hybridized carbons (Fsp3) is 0.357. The smallest absolute Gasteiger partial charge is 0.224 e. The second-order valence-electron chi connectivity index (χ2n) is 4.70. The molecule has 1 aromatic carbocycles. The number of rotatable bonds is 6. The molecule has 2 atom stereocenters. The van der Waals surface area contributed by atoms with Crippen LogP contribution in [0.4, 0.5) is 0 Å². The second-order valence-corrected chi connectivity index (χ2v) is 4.70. The molecule has 4 N–H and O–H groups in total. The molecule has 2 unspecified atom stereocenters. The molecule has 6 nitrogen and oxygen atoms in total. The molecular weight excluding hydrogens is 290 g/mol. The van der Waals surface area contributed by atoms with Crippen LogP contribution in [0.15, 0.2) is 36.7 Å². The number of aromatic nitrogens is 3. The number of nitrogens with zero attached hydrogens (tertiary/aromatic N) is 2. The predicted molar refractivity (Wildman–Crippen MR) is 82.9 cm³/mol. The van der Waals surface area contributed by atoms with Crippen LogP contribution in [0.25, 0.3) is 0 Å². The van der Waals surface area contributed by atoms with Gasteiger partial charge in [0.15, 0.2) is 0 Å². The van der Waals surface area contributed by atoms with Crippen LogP contribution in [0.1, 0.15) is 24.4 Å². The van der Waals surface area contributed by atoms with Gasteiger partial charge in [0, 0.05) is 19.0 Å². The summed E-state index contributed by atoms with van der Waals surface area (Å²) in [5, 5.41) is 9.37. The third-order valence-corrected chi connectivity index (χ3v) is 3.26. The summed E-state index contributed by atoms with van der Waals surface area (Å²) in [5.41, 5.74) is 7.08. The van der Waals surface area contributed by atoms with E-state index in [9.17, 15) is 4.79 Å². The third kappa shape index (κ3) is 4.84. The average Bonchev–Trinajstić information content (AvgIpc) is 2.99. The molecule has 0 aliphatic carbocycles. The summed E-state index contributed by atoms with van der Waals surface area (Å²) in [7, 11) is 0. The number of aromatic amines is 1. The Morgan fingerprint density at radius 2 is 2.10 bits per heavy atom. The van der Waals surface area contributed by atoms with Crippen LogP contribution in [-0.4, -0.2) is 27.6 Å². The van der Waals surface area contributed by atoms with Crippen molar-refractivity contribution in [3.8, 4) is 0 Å². The summed E-state index contributed by atoms with van der Waals surface area (Å²) in [4.78, 5) is 16.0. The fourth-order valence-corrected chi connectivity index (χ4v) is 1.94. The summed E-state index contributed by atoms with van der Waals surface area (Å²) >= 11 is 0. The van der Waals surface area contributed by atoms with Gasteiger partial charge in [0.05, 0.1) is 5.92 Å². The Kier molecular flexibility index (Phi) is 6.84. The van der Waals surface area contributed by atoms with E-state index in [4.69, 9.17) is 5.73 Å². The van der Waals surface area contributed by atoms with Crippen LogP contribution in [0.2, 0.25) is 0 Å². The Morgan fingerprint density at radius 1 is 1.38 bits per heavy atom. The maximum absolute atomic E-state index is 12.0. The van der Waals surface area contributed by atoms with E-state index in [1.165, 1.54) is 6.33 Å². The third-order valence-electron chi connectivity index (χ3n) is 3.26. The van der Waals surface area contributed by atoms with E-state index < -0.39 is 0 Å². The van der Waals surface area contributed by atoms with Gasteiger partial charge in [0.25, 0.3) is 0 Å². The Morgan fingerprint density at radius 3 is 2.71 bits per heavy atom. The molecule has 0 aliphatic heterocycles. The Bertz CT molecular complexity index is 532. The number of amides is 1. The lowest BCUT2D eigenvalue weighted by atomic mass is 9.95. The molecule has 1 aromatic heterocycles. The van der Waals surface area contributed by atoms with Crippen LogP contribution in [0.5, 0.6) is 0 Å². The van der Waals surface area contributed by atoms with Gasteiger partial charge in [0.1, 0.15) is 12.2 Å². The van der Waals surface area contributed by atoms with Crippen molar-refractivity contribution in [3.63, 3.8) is 0 Å². The molecule has 7 heteroatoms. The number of benzene rings is 1. The number of hydrogen-bond donors (Lipinski definition) is 3. The summed E-state index contributed by atoms with van der Waals surface area (Å²) in [5.74, 6) is 0.415. The average molecular weight is 310 g/mol. The molecule has 1 amide bonds. The number of nitrogens with one attached hydrogen (secondary N) is 2. The van der Waals surface area contributed by atoms with Gasteiger partial charge in [0.2, 0.25) is 5.91 Å². The van der Waals surface area contributed by atoms with Crippen LogP contribution >= 0.6 is 12.4 Å². The minimum atomic E-state index is -0.304. The van der Waals surface area contributed by atoms with Crippen molar-refractivity contribution in [1.29, 1.82) is 0 Å². The number of carbonyl (C=O) groups excluding carboxylic acids is 1. The summed E-state index contributed by atoms with van der Waals surface area (Å²) in [6, 6.07) is 9.33. The molecule has 21 heavy (non-hydrogen) atoms. The fourth-order valence-electron chi connectivity index (χ4n) is 1.94. The van der Waals surface area contributed by atoms with Gasteiger partial charge in [-0.15, -0.1) is 12.4 Å². The first-order chi connectivity index (χ1) is 9.68. The van der Waals surface area contributed by atoms with E-state index in [0.717, 1.165) is 11.4 Å². The molecule has 2 aromatic rings. The molecule has 114 valence electrons. The molecule has 1 heterocycles. The van der Waals surface area contributed by atoms with Crippen LogP contribution in [-0.2, 0) is 11.2 Å². The van der Waals surface area contributed by atoms with E-state index in [-0.39, 0.29) is 30.3 Å². The zero-order valence-electron chi connectivity index (χ0n) is 11.8. The minimum absolute atomic E-state index is 0. The van der Waals surface area contributed by atoms with Crippen molar-refractivity contribution in [1.82, 2.24) is 20.5 Å². The Hall–Kier alpha value is -1.92. The van der Waals surface area contributed by atoms with Crippen molar-refractivity contribution >= 4 is 18.3 Å². The first kappa shape index (κ1) is 17.1. The van der Waals surface area contributed by atoms with Gasteiger partial charge in [-0.3, -0.25) is 9.89 Å². The van der Waals surface area contributed by atoms with Gasteiger partial charge in [-0.1, -0.05) is 37.3 Å². The highest BCUT2D eigenvalue weighted by Crippen LogP contribution is 2.18. The van der Waals surface area contributed by atoms with Crippen molar-refractivity contribution < 1.29 is 4.79 Å². The lowest BCUT2D eigenvalue weighted by Gasteiger charge is -2.19. The standard InChI is InChI=1S/C14H19N5O.ClH/c1-10(13(15)11-5-3-2-4-6-11)14(20)16-8-7-12-17-9-18-19-12;/h2-6,9-10,13H,7-8,15H2,1H3,(H,16,20)(H,17,18,19);1H. The van der Waals surface area contributed by atoms with E-state index >= 15 is 0 Å². The van der Waals surface area contributed by atoms with Crippen LogP contribution in [0.3, 0.4) is 0 Å². The normalized spacial score (nSPS) is 13.0. The quantitative estimate of drug-likeness (QED) is 0.747. The lowest BCUT2D eigenvalue weighted by Crippen LogP contribution is -2.36. The lowest BCUT2D eigenvalue weighted by molar-refractivity contribution is -0.125. The molecule has 0 fully saturated rings.